The molecule has 0 aliphatic heterocycles. The molecule has 0 aliphatic carbocycles. The third-order valence-electron chi connectivity index (χ3n) is 2.83. The number of carbonyl (C=O) groups is 1. The average molecular weight is 251 g/mol. The van der Waals surface area contributed by atoms with Crippen molar-refractivity contribution in [3.05, 3.63) is 35.6 Å². The van der Waals surface area contributed by atoms with Gasteiger partial charge in [-0.15, -0.1) is 0 Å². The fourth-order valence-electron chi connectivity index (χ4n) is 2.06. The zero-order valence-corrected chi connectivity index (χ0v) is 11.3. The maximum Gasteiger partial charge on any atom is 0.151 e. The highest BCUT2D eigenvalue weighted by Crippen LogP contribution is 2.08. The summed E-state index contributed by atoms with van der Waals surface area (Å²) in [6.45, 7) is 6.48. The Hall–Kier alpha value is -1.22. The molecule has 0 spiro atoms. The molecule has 0 radical (unpaired) electrons. The maximum atomic E-state index is 13.4. The first-order valence-corrected chi connectivity index (χ1v) is 6.64. The van der Waals surface area contributed by atoms with Crippen LogP contribution in [0.4, 0.5) is 4.39 Å². The summed E-state index contributed by atoms with van der Waals surface area (Å²) < 4.78 is 13.4. The van der Waals surface area contributed by atoms with Crippen LogP contribution in [0.15, 0.2) is 24.3 Å². The predicted molar refractivity (Wildman–Crippen MR) is 72.1 cm³/mol. The number of benzene rings is 1. The van der Waals surface area contributed by atoms with Gasteiger partial charge in [-0.05, 0) is 37.6 Å². The molecular weight excluding hydrogens is 229 g/mol. The molecule has 0 saturated heterocycles. The van der Waals surface area contributed by atoms with Gasteiger partial charge in [0.1, 0.15) is 5.82 Å². The fourth-order valence-corrected chi connectivity index (χ4v) is 2.06. The number of hydrogen-bond donors (Lipinski definition) is 0. The van der Waals surface area contributed by atoms with Crippen LogP contribution in [-0.4, -0.2) is 30.3 Å². The molecule has 1 aromatic rings. The first kappa shape index (κ1) is 14.8. The van der Waals surface area contributed by atoms with E-state index in [4.69, 9.17) is 0 Å². The Labute approximate surface area is 109 Å². The SMILES string of the molecule is CCCN(CCC)CC(=O)Cc1ccccc1F. The molecule has 1 rings (SSSR count). The molecule has 2 nitrogen and oxygen atoms in total. The van der Waals surface area contributed by atoms with Crippen LogP contribution in [0.1, 0.15) is 32.3 Å². The molecule has 0 N–H and O–H groups in total. The molecule has 0 bridgehead atoms. The molecule has 100 valence electrons. The highest BCUT2D eigenvalue weighted by Gasteiger charge is 2.11. The van der Waals surface area contributed by atoms with Crippen LogP contribution in [-0.2, 0) is 11.2 Å². The van der Waals surface area contributed by atoms with Gasteiger partial charge in [0.15, 0.2) is 5.78 Å². The van der Waals surface area contributed by atoms with Crippen molar-refractivity contribution in [2.75, 3.05) is 19.6 Å². The quantitative estimate of drug-likeness (QED) is 0.707. The van der Waals surface area contributed by atoms with Crippen molar-refractivity contribution in [1.29, 1.82) is 0 Å². The minimum Gasteiger partial charge on any atom is -0.298 e. The Bertz CT molecular complexity index is 373. The molecule has 0 atom stereocenters. The molecule has 0 aromatic heterocycles. The summed E-state index contributed by atoms with van der Waals surface area (Å²) in [5, 5.41) is 0. The standard InChI is InChI=1S/C15H22FNO/c1-3-9-17(10-4-2)12-14(18)11-13-7-5-6-8-15(13)16/h5-8H,3-4,9-12H2,1-2H3. The van der Waals surface area contributed by atoms with Gasteiger partial charge in [0.25, 0.3) is 0 Å². The largest absolute Gasteiger partial charge is 0.298 e. The monoisotopic (exact) mass is 251 g/mol. The van der Waals surface area contributed by atoms with Crippen molar-refractivity contribution in [2.24, 2.45) is 0 Å². The zero-order chi connectivity index (χ0) is 13.4. The minimum atomic E-state index is -0.289. The molecule has 1 aromatic carbocycles. The highest BCUT2D eigenvalue weighted by molar-refractivity contribution is 5.82. The van der Waals surface area contributed by atoms with Crippen LogP contribution in [0, 0.1) is 5.82 Å². The van der Waals surface area contributed by atoms with E-state index < -0.39 is 0 Å². The number of nitrogens with zero attached hydrogens (tertiary/aromatic N) is 1. The van der Waals surface area contributed by atoms with Gasteiger partial charge in [0, 0.05) is 6.42 Å². The van der Waals surface area contributed by atoms with Gasteiger partial charge >= 0.3 is 0 Å². The van der Waals surface area contributed by atoms with E-state index in [9.17, 15) is 9.18 Å². The number of carbonyl (C=O) groups excluding carboxylic acids is 1. The summed E-state index contributed by atoms with van der Waals surface area (Å²) in [7, 11) is 0. The van der Waals surface area contributed by atoms with Crippen LogP contribution in [0.5, 0.6) is 0 Å². The van der Waals surface area contributed by atoms with Gasteiger partial charge in [-0.25, -0.2) is 4.39 Å². The summed E-state index contributed by atoms with van der Waals surface area (Å²) in [4.78, 5) is 14.1. The second-order valence-electron chi connectivity index (χ2n) is 4.58. The Morgan fingerprint density at radius 2 is 1.78 bits per heavy atom. The van der Waals surface area contributed by atoms with Crippen molar-refractivity contribution in [3.63, 3.8) is 0 Å². The Kier molecular flexibility index (Phi) is 6.58. The van der Waals surface area contributed by atoms with Gasteiger partial charge in [0.05, 0.1) is 6.54 Å². The molecule has 0 unspecified atom stereocenters. The van der Waals surface area contributed by atoms with E-state index in [1.54, 1.807) is 18.2 Å². The zero-order valence-electron chi connectivity index (χ0n) is 11.3. The fraction of sp³-hybridized carbons (Fsp3) is 0.533. The lowest BCUT2D eigenvalue weighted by atomic mass is 10.1. The minimum absolute atomic E-state index is 0.0852. The normalized spacial score (nSPS) is 10.9. The van der Waals surface area contributed by atoms with Crippen LogP contribution >= 0.6 is 0 Å². The Morgan fingerprint density at radius 1 is 1.17 bits per heavy atom. The molecule has 0 fully saturated rings. The van der Waals surface area contributed by atoms with Crippen molar-refractivity contribution in [3.8, 4) is 0 Å². The molecule has 0 heterocycles. The van der Waals surface area contributed by atoms with Crippen molar-refractivity contribution in [1.82, 2.24) is 4.90 Å². The van der Waals surface area contributed by atoms with Crippen molar-refractivity contribution in [2.45, 2.75) is 33.1 Å². The van der Waals surface area contributed by atoms with Gasteiger partial charge < -0.3 is 0 Å². The first-order chi connectivity index (χ1) is 8.67. The molecule has 3 heteroatoms. The van der Waals surface area contributed by atoms with Crippen LogP contribution in [0.25, 0.3) is 0 Å². The van der Waals surface area contributed by atoms with E-state index >= 15 is 0 Å². The number of Topliss-reactive ketones (excluding diaryl/α,β-unsaturated/α-hetero) is 1. The number of rotatable bonds is 8. The maximum absolute atomic E-state index is 13.4. The van der Waals surface area contributed by atoms with E-state index in [0.717, 1.165) is 25.9 Å². The summed E-state index contributed by atoms with van der Waals surface area (Å²) in [5.41, 5.74) is 0.496. The third-order valence-corrected chi connectivity index (χ3v) is 2.83. The summed E-state index contributed by atoms with van der Waals surface area (Å²) in [6, 6.07) is 6.49. The summed E-state index contributed by atoms with van der Waals surface area (Å²) in [5.74, 6) is -0.203. The Morgan fingerprint density at radius 3 is 2.33 bits per heavy atom. The van der Waals surface area contributed by atoms with E-state index in [0.29, 0.717) is 12.1 Å². The lowest BCUT2D eigenvalue weighted by molar-refractivity contribution is -0.119. The molecule has 18 heavy (non-hydrogen) atoms. The predicted octanol–water partition coefficient (Wildman–Crippen LogP) is 3.06. The van der Waals surface area contributed by atoms with Gasteiger partial charge in [-0.3, -0.25) is 9.69 Å². The Balaban J connectivity index is 2.52. The van der Waals surface area contributed by atoms with Crippen LogP contribution in [0.3, 0.4) is 0 Å². The summed E-state index contributed by atoms with van der Waals surface area (Å²) >= 11 is 0. The van der Waals surface area contributed by atoms with Gasteiger partial charge in [-0.1, -0.05) is 32.0 Å². The van der Waals surface area contributed by atoms with Crippen molar-refractivity contribution >= 4 is 5.78 Å². The smallest absolute Gasteiger partial charge is 0.151 e. The second-order valence-corrected chi connectivity index (χ2v) is 4.58. The van der Waals surface area contributed by atoms with E-state index in [2.05, 4.69) is 18.7 Å². The second kappa shape index (κ2) is 7.98. The lowest BCUT2D eigenvalue weighted by Crippen LogP contribution is -2.32. The van der Waals surface area contributed by atoms with E-state index in [-0.39, 0.29) is 18.0 Å². The molecule has 0 saturated carbocycles. The first-order valence-electron chi connectivity index (χ1n) is 6.64. The number of halogens is 1. The molecule has 0 aliphatic rings. The third kappa shape index (κ3) is 4.96. The average Bonchev–Trinajstić information content (AvgIpc) is 2.33. The topological polar surface area (TPSA) is 20.3 Å². The molecule has 0 amide bonds. The van der Waals surface area contributed by atoms with Gasteiger partial charge in [-0.2, -0.15) is 0 Å². The number of ketones is 1. The van der Waals surface area contributed by atoms with Gasteiger partial charge in [0.2, 0.25) is 0 Å². The van der Waals surface area contributed by atoms with Crippen molar-refractivity contribution < 1.29 is 9.18 Å². The van der Waals surface area contributed by atoms with E-state index in [1.165, 1.54) is 6.07 Å². The summed E-state index contributed by atoms with van der Waals surface area (Å²) in [6.07, 6.45) is 2.26. The van der Waals surface area contributed by atoms with Crippen LogP contribution < -0.4 is 0 Å². The molecular formula is C15H22FNO. The lowest BCUT2D eigenvalue weighted by Gasteiger charge is -2.19. The number of hydrogen-bond acceptors (Lipinski definition) is 2. The highest BCUT2D eigenvalue weighted by atomic mass is 19.1. The van der Waals surface area contributed by atoms with Crippen LogP contribution in [0.2, 0.25) is 0 Å². The van der Waals surface area contributed by atoms with E-state index in [1.807, 2.05) is 0 Å².